The molecular formula is C14H29NO. The lowest BCUT2D eigenvalue weighted by Crippen LogP contribution is -2.59. The molecule has 1 aliphatic rings. The average molecular weight is 227 g/mol. The second-order valence-corrected chi connectivity index (χ2v) is 7.98. The average Bonchev–Trinajstić information content (AvgIpc) is 1.95. The maximum absolute atomic E-state index is 10.2. The predicted molar refractivity (Wildman–Crippen MR) is 68.6 cm³/mol. The van der Waals surface area contributed by atoms with E-state index in [0.29, 0.717) is 11.3 Å². The fraction of sp³-hybridized carbons (Fsp3) is 1.00. The van der Waals surface area contributed by atoms with Gasteiger partial charge in [-0.1, -0.05) is 20.8 Å². The number of hydroxylamine groups is 2. The summed E-state index contributed by atoms with van der Waals surface area (Å²) in [5.41, 5.74) is 0.184. The first kappa shape index (κ1) is 14.0. The van der Waals surface area contributed by atoms with Gasteiger partial charge in [0.1, 0.15) is 0 Å². The van der Waals surface area contributed by atoms with Crippen molar-refractivity contribution in [1.82, 2.24) is 5.06 Å². The van der Waals surface area contributed by atoms with E-state index in [1.807, 2.05) is 0 Å². The fourth-order valence-corrected chi connectivity index (χ4v) is 3.49. The SMILES string of the molecule is CC(C)(C)CC1CC(C)(C)N(O)C(C)(C)C1. The quantitative estimate of drug-likeness (QED) is 0.729. The predicted octanol–water partition coefficient (Wildman–Crippen LogP) is 4.08. The Labute approximate surface area is 101 Å². The molecule has 1 fully saturated rings. The Hall–Kier alpha value is -0.0800. The van der Waals surface area contributed by atoms with Gasteiger partial charge in [-0.3, -0.25) is 0 Å². The summed E-state index contributed by atoms with van der Waals surface area (Å²) < 4.78 is 0. The Morgan fingerprint density at radius 1 is 1.06 bits per heavy atom. The van der Waals surface area contributed by atoms with E-state index in [-0.39, 0.29) is 11.1 Å². The minimum absolute atomic E-state index is 0.0995. The lowest BCUT2D eigenvalue weighted by Gasteiger charge is -2.52. The van der Waals surface area contributed by atoms with Crippen LogP contribution in [0.3, 0.4) is 0 Å². The van der Waals surface area contributed by atoms with Gasteiger partial charge in [-0.05, 0) is 58.3 Å². The summed E-state index contributed by atoms with van der Waals surface area (Å²) >= 11 is 0. The number of hydrogen-bond donors (Lipinski definition) is 1. The van der Waals surface area contributed by atoms with E-state index in [2.05, 4.69) is 48.5 Å². The highest BCUT2D eigenvalue weighted by atomic mass is 16.5. The van der Waals surface area contributed by atoms with Crippen molar-refractivity contribution in [2.45, 2.75) is 78.8 Å². The number of nitrogens with zero attached hydrogens (tertiary/aromatic N) is 1. The summed E-state index contributed by atoms with van der Waals surface area (Å²) in [6.07, 6.45) is 3.42. The molecule has 1 aliphatic heterocycles. The van der Waals surface area contributed by atoms with Crippen LogP contribution >= 0.6 is 0 Å². The zero-order valence-corrected chi connectivity index (χ0v) is 12.1. The van der Waals surface area contributed by atoms with Gasteiger partial charge >= 0.3 is 0 Å². The molecule has 0 aliphatic carbocycles. The summed E-state index contributed by atoms with van der Waals surface area (Å²) in [6.45, 7) is 15.5. The third kappa shape index (κ3) is 3.21. The lowest BCUT2D eigenvalue weighted by molar-refractivity contribution is -0.252. The monoisotopic (exact) mass is 227 g/mol. The van der Waals surface area contributed by atoms with Crippen molar-refractivity contribution in [3.05, 3.63) is 0 Å². The highest BCUT2D eigenvalue weighted by Gasteiger charge is 2.45. The van der Waals surface area contributed by atoms with Crippen LogP contribution in [0.4, 0.5) is 0 Å². The summed E-state index contributed by atoms with van der Waals surface area (Å²) in [5.74, 6) is 0.716. The zero-order chi connectivity index (χ0) is 12.8. The molecule has 96 valence electrons. The first-order chi connectivity index (χ1) is 6.94. The molecular weight excluding hydrogens is 198 g/mol. The molecule has 0 aromatic carbocycles. The molecule has 0 unspecified atom stereocenters. The van der Waals surface area contributed by atoms with Crippen LogP contribution in [0.5, 0.6) is 0 Å². The smallest absolute Gasteiger partial charge is 0.0413 e. The minimum Gasteiger partial charge on any atom is -0.313 e. The molecule has 0 amide bonds. The molecule has 1 heterocycles. The molecule has 0 bridgehead atoms. The van der Waals surface area contributed by atoms with E-state index >= 15 is 0 Å². The van der Waals surface area contributed by atoms with Crippen LogP contribution in [0.2, 0.25) is 0 Å². The second kappa shape index (κ2) is 3.99. The minimum atomic E-state index is -0.0995. The molecule has 0 aromatic rings. The molecule has 0 spiro atoms. The summed E-state index contributed by atoms with van der Waals surface area (Å²) in [4.78, 5) is 0. The Morgan fingerprint density at radius 3 is 1.75 bits per heavy atom. The maximum atomic E-state index is 10.2. The molecule has 0 saturated carbocycles. The van der Waals surface area contributed by atoms with Crippen LogP contribution in [0.1, 0.15) is 67.7 Å². The van der Waals surface area contributed by atoms with Crippen molar-refractivity contribution in [2.75, 3.05) is 0 Å². The molecule has 0 aromatic heterocycles. The van der Waals surface area contributed by atoms with Gasteiger partial charge in [0.15, 0.2) is 0 Å². The molecule has 2 nitrogen and oxygen atoms in total. The van der Waals surface area contributed by atoms with Crippen molar-refractivity contribution in [3.63, 3.8) is 0 Å². The largest absolute Gasteiger partial charge is 0.313 e. The first-order valence-corrected chi connectivity index (χ1v) is 6.43. The van der Waals surface area contributed by atoms with Crippen LogP contribution in [0.25, 0.3) is 0 Å². The molecule has 1 rings (SSSR count). The van der Waals surface area contributed by atoms with Crippen molar-refractivity contribution >= 4 is 0 Å². The van der Waals surface area contributed by atoms with Crippen LogP contribution in [0.15, 0.2) is 0 Å². The van der Waals surface area contributed by atoms with E-state index in [4.69, 9.17) is 0 Å². The van der Waals surface area contributed by atoms with Gasteiger partial charge < -0.3 is 5.21 Å². The summed E-state index contributed by atoms with van der Waals surface area (Å²) in [7, 11) is 0. The Kier molecular flexibility index (Phi) is 3.49. The van der Waals surface area contributed by atoms with Crippen molar-refractivity contribution in [1.29, 1.82) is 0 Å². The van der Waals surface area contributed by atoms with Crippen molar-refractivity contribution in [2.24, 2.45) is 11.3 Å². The maximum Gasteiger partial charge on any atom is 0.0413 e. The van der Waals surface area contributed by atoms with Crippen LogP contribution in [-0.2, 0) is 0 Å². The summed E-state index contributed by atoms with van der Waals surface area (Å²) in [6, 6.07) is 0. The first-order valence-electron chi connectivity index (χ1n) is 6.43. The Balaban J connectivity index is 2.79. The number of piperidine rings is 1. The second-order valence-electron chi connectivity index (χ2n) is 7.98. The van der Waals surface area contributed by atoms with Gasteiger partial charge in [0, 0.05) is 11.1 Å². The van der Waals surface area contributed by atoms with E-state index in [1.165, 1.54) is 6.42 Å². The van der Waals surface area contributed by atoms with E-state index in [0.717, 1.165) is 12.8 Å². The van der Waals surface area contributed by atoms with Crippen LogP contribution < -0.4 is 0 Å². The Morgan fingerprint density at radius 2 is 1.44 bits per heavy atom. The van der Waals surface area contributed by atoms with Crippen LogP contribution in [0, 0.1) is 11.3 Å². The third-order valence-corrected chi connectivity index (χ3v) is 3.62. The molecule has 1 N–H and O–H groups in total. The highest BCUT2D eigenvalue weighted by Crippen LogP contribution is 2.43. The molecule has 1 saturated heterocycles. The molecule has 0 radical (unpaired) electrons. The standard InChI is InChI=1S/C14H29NO/c1-12(2,3)8-11-9-13(4,5)15(16)14(6,7)10-11/h11,16H,8-10H2,1-7H3. The fourth-order valence-electron chi connectivity index (χ4n) is 3.49. The molecule has 2 heteroatoms. The lowest BCUT2D eigenvalue weighted by atomic mass is 9.70. The van der Waals surface area contributed by atoms with Crippen LogP contribution in [-0.4, -0.2) is 21.3 Å². The number of hydrogen-bond acceptors (Lipinski definition) is 2. The van der Waals surface area contributed by atoms with E-state index in [1.54, 1.807) is 5.06 Å². The topological polar surface area (TPSA) is 23.5 Å². The van der Waals surface area contributed by atoms with Crippen molar-refractivity contribution < 1.29 is 5.21 Å². The van der Waals surface area contributed by atoms with Crippen molar-refractivity contribution in [3.8, 4) is 0 Å². The highest BCUT2D eigenvalue weighted by molar-refractivity contribution is 4.96. The van der Waals surface area contributed by atoms with E-state index < -0.39 is 0 Å². The zero-order valence-electron chi connectivity index (χ0n) is 12.1. The summed E-state index contributed by atoms with van der Waals surface area (Å²) in [5, 5.41) is 11.8. The Bertz CT molecular complexity index is 232. The van der Waals surface area contributed by atoms with Gasteiger partial charge in [0.25, 0.3) is 0 Å². The van der Waals surface area contributed by atoms with Gasteiger partial charge in [-0.2, -0.15) is 5.06 Å². The molecule has 16 heavy (non-hydrogen) atoms. The van der Waals surface area contributed by atoms with Gasteiger partial charge in [-0.25, -0.2) is 0 Å². The molecule has 0 atom stereocenters. The van der Waals surface area contributed by atoms with Gasteiger partial charge in [0.2, 0.25) is 0 Å². The van der Waals surface area contributed by atoms with Gasteiger partial charge in [0.05, 0.1) is 0 Å². The van der Waals surface area contributed by atoms with Gasteiger partial charge in [-0.15, -0.1) is 0 Å². The normalized spacial score (nSPS) is 27.0. The number of rotatable bonds is 1. The third-order valence-electron chi connectivity index (χ3n) is 3.62. The van der Waals surface area contributed by atoms with E-state index in [9.17, 15) is 5.21 Å².